The Labute approximate surface area is 321 Å². The van der Waals surface area contributed by atoms with Crippen LogP contribution in [0, 0.1) is 5.92 Å². The Morgan fingerprint density at radius 3 is 2.36 bits per heavy atom. The average molecular weight is 756 g/mol. The Bertz CT molecular complexity index is 2310. The highest BCUT2D eigenvalue weighted by Crippen LogP contribution is 2.60. The van der Waals surface area contributed by atoms with Crippen LogP contribution in [0.3, 0.4) is 0 Å². The number of aliphatic hydroxyl groups is 1. The highest BCUT2D eigenvalue weighted by Gasteiger charge is 2.66. The first-order chi connectivity index (χ1) is 26.5. The molecule has 1 saturated heterocycles. The van der Waals surface area contributed by atoms with Crippen LogP contribution in [0.1, 0.15) is 40.4 Å². The molecule has 0 radical (unpaired) electrons. The summed E-state index contributed by atoms with van der Waals surface area (Å²) in [6, 6.07) is 34.4. The smallest absolute Gasteiger partial charge is 0.264 e. The Morgan fingerprint density at radius 1 is 0.909 bits per heavy atom. The zero-order valence-electron chi connectivity index (χ0n) is 31.4. The van der Waals surface area contributed by atoms with Crippen molar-refractivity contribution >= 4 is 53.9 Å². The third-order valence-electron chi connectivity index (χ3n) is 11.6. The number of fused-ring (bicyclic) bond motifs is 2. The second-order valence-electron chi connectivity index (χ2n) is 15.4. The van der Waals surface area contributed by atoms with Crippen LogP contribution in [0.4, 0.5) is 17.1 Å². The standard InChI is InChI=1S/C44H45N3O7Si/c1-28-41(55(3,4)52)38(25-39(49)45(21-22-48)26-29-11-6-5-7-12-29)54-44(28)35-24-33(53-2)19-20-36(35)46(43(44)51)27-30-13-8-16-32(23-30)47-37-18-10-15-31-14-9-17-34(40(31)37)42(47)50/h5-20,23-24,28,38,41,48,52H,21-22,25-27H2,1-4H3/t28-,38+,41-,44+/m0/s1. The molecule has 5 aromatic rings. The summed E-state index contributed by atoms with van der Waals surface area (Å²) in [7, 11) is -1.50. The molecule has 0 aliphatic carbocycles. The Balaban J connectivity index is 1.13. The molecule has 11 heteroatoms. The molecule has 3 amide bonds. The third kappa shape index (κ3) is 6.11. The van der Waals surface area contributed by atoms with Crippen LogP contribution in [0.25, 0.3) is 10.8 Å². The lowest BCUT2D eigenvalue weighted by atomic mass is 9.82. The van der Waals surface area contributed by atoms with Crippen molar-refractivity contribution in [3.63, 3.8) is 0 Å². The van der Waals surface area contributed by atoms with Crippen molar-refractivity contribution in [2.24, 2.45) is 5.92 Å². The van der Waals surface area contributed by atoms with Crippen LogP contribution in [0.15, 0.2) is 109 Å². The molecule has 0 aromatic heterocycles. The van der Waals surface area contributed by atoms with Crippen LogP contribution < -0.4 is 14.5 Å². The van der Waals surface area contributed by atoms with E-state index in [0.717, 1.165) is 27.6 Å². The number of anilines is 3. The summed E-state index contributed by atoms with van der Waals surface area (Å²) in [6.45, 7) is 6.05. The van der Waals surface area contributed by atoms with Crippen molar-refractivity contribution in [2.75, 3.05) is 30.1 Å². The van der Waals surface area contributed by atoms with Gasteiger partial charge in [-0.1, -0.05) is 73.7 Å². The molecule has 0 unspecified atom stereocenters. The molecule has 55 heavy (non-hydrogen) atoms. The van der Waals surface area contributed by atoms with Crippen molar-refractivity contribution in [1.29, 1.82) is 0 Å². The monoisotopic (exact) mass is 755 g/mol. The van der Waals surface area contributed by atoms with Gasteiger partial charge in [-0.25, -0.2) is 0 Å². The van der Waals surface area contributed by atoms with E-state index < -0.39 is 31.5 Å². The number of carbonyl (C=O) groups excluding carboxylic acids is 3. The van der Waals surface area contributed by atoms with Gasteiger partial charge in [0, 0.05) is 41.2 Å². The van der Waals surface area contributed by atoms with Gasteiger partial charge in [0.1, 0.15) is 5.75 Å². The highest BCUT2D eigenvalue weighted by atomic mass is 28.4. The topological polar surface area (TPSA) is 120 Å². The van der Waals surface area contributed by atoms with Crippen molar-refractivity contribution in [1.82, 2.24) is 4.90 Å². The summed E-state index contributed by atoms with van der Waals surface area (Å²) in [5.74, 6) is -0.546. The van der Waals surface area contributed by atoms with Gasteiger partial charge < -0.3 is 29.2 Å². The molecule has 5 aromatic carbocycles. The van der Waals surface area contributed by atoms with Gasteiger partial charge >= 0.3 is 0 Å². The number of nitrogens with zero attached hydrogens (tertiary/aromatic N) is 3. The van der Waals surface area contributed by atoms with Crippen LogP contribution in [-0.2, 0) is 33.0 Å². The molecule has 2 N–H and O–H groups in total. The molecule has 8 rings (SSSR count). The number of rotatable bonds is 11. The minimum Gasteiger partial charge on any atom is -0.497 e. The van der Waals surface area contributed by atoms with E-state index in [2.05, 4.69) is 0 Å². The predicted octanol–water partition coefficient (Wildman–Crippen LogP) is 6.90. The van der Waals surface area contributed by atoms with E-state index >= 15 is 4.79 Å². The fraction of sp³-hybridized carbons (Fsp3) is 0.295. The van der Waals surface area contributed by atoms with E-state index in [1.54, 1.807) is 21.8 Å². The molecule has 10 nitrogen and oxygen atoms in total. The Kier molecular flexibility index (Phi) is 9.37. The van der Waals surface area contributed by atoms with Gasteiger partial charge in [-0.15, -0.1) is 0 Å². The molecule has 3 aliphatic heterocycles. The van der Waals surface area contributed by atoms with Crippen molar-refractivity contribution in [2.45, 2.75) is 56.8 Å². The van der Waals surface area contributed by atoms with Crippen LogP contribution >= 0.6 is 0 Å². The summed E-state index contributed by atoms with van der Waals surface area (Å²) in [6.07, 6.45) is -0.822. The fourth-order valence-corrected chi connectivity index (χ4v) is 11.8. The first-order valence-electron chi connectivity index (χ1n) is 18.7. The summed E-state index contributed by atoms with van der Waals surface area (Å²) >= 11 is 0. The minimum atomic E-state index is -3.07. The van der Waals surface area contributed by atoms with E-state index in [1.807, 2.05) is 129 Å². The maximum atomic E-state index is 15.2. The van der Waals surface area contributed by atoms with E-state index in [0.29, 0.717) is 34.8 Å². The molecule has 3 aliphatic rings. The highest BCUT2D eigenvalue weighted by molar-refractivity contribution is 6.71. The molecule has 0 bridgehead atoms. The number of methoxy groups -OCH3 is 1. The Morgan fingerprint density at radius 2 is 1.64 bits per heavy atom. The summed E-state index contributed by atoms with van der Waals surface area (Å²) in [4.78, 5) is 59.8. The fourth-order valence-electron chi connectivity index (χ4n) is 9.21. The number of aliphatic hydroxyl groups excluding tert-OH is 1. The molecule has 3 heterocycles. The predicted molar refractivity (Wildman–Crippen MR) is 214 cm³/mol. The molecule has 4 atom stereocenters. The lowest BCUT2D eigenvalue weighted by molar-refractivity contribution is -0.150. The van der Waals surface area contributed by atoms with E-state index in [4.69, 9.17) is 9.47 Å². The number of hydrogen-bond acceptors (Lipinski definition) is 7. The van der Waals surface area contributed by atoms with Gasteiger partial charge in [0.05, 0.1) is 49.7 Å². The first-order valence-corrected chi connectivity index (χ1v) is 21.8. The lowest BCUT2D eigenvalue weighted by Crippen LogP contribution is -2.46. The molecule has 282 valence electrons. The van der Waals surface area contributed by atoms with E-state index in [1.165, 1.54) is 0 Å². The van der Waals surface area contributed by atoms with Gasteiger partial charge in [-0.3, -0.25) is 19.3 Å². The summed E-state index contributed by atoms with van der Waals surface area (Å²) in [5.41, 5.74) is 3.24. The number of hydrogen-bond donors (Lipinski definition) is 2. The molecule has 1 fully saturated rings. The maximum Gasteiger partial charge on any atom is 0.264 e. The second-order valence-corrected chi connectivity index (χ2v) is 19.3. The molecule has 1 spiro atoms. The molecular formula is C44H45N3O7Si. The second kappa shape index (κ2) is 14.1. The van der Waals surface area contributed by atoms with Crippen molar-refractivity contribution < 1.29 is 33.8 Å². The largest absolute Gasteiger partial charge is 0.497 e. The number of ether oxygens (including phenoxy) is 2. The van der Waals surface area contributed by atoms with Crippen molar-refractivity contribution in [3.8, 4) is 5.75 Å². The molecule has 0 saturated carbocycles. The third-order valence-corrected chi connectivity index (χ3v) is 14.1. The Hall–Kier alpha value is -5.33. The van der Waals surface area contributed by atoms with Crippen LogP contribution in [-0.4, -0.2) is 67.2 Å². The normalized spacial score (nSPS) is 21.5. The SMILES string of the molecule is COc1ccc2c(c1)[C@@]1(O[C@H](CC(=O)N(CCO)Cc3ccccc3)[C@@H]([Si](C)(C)O)[C@@H]1C)C(=O)N2Cc1cccc(N2C(=O)c3cccc4cccc2c34)c1. The van der Waals surface area contributed by atoms with Gasteiger partial charge in [0.2, 0.25) is 5.91 Å². The zero-order chi connectivity index (χ0) is 38.6. The van der Waals surface area contributed by atoms with Crippen LogP contribution in [0.2, 0.25) is 18.6 Å². The summed E-state index contributed by atoms with van der Waals surface area (Å²) < 4.78 is 12.6. The average Bonchev–Trinajstić information content (AvgIpc) is 3.73. The first kappa shape index (κ1) is 36.6. The summed E-state index contributed by atoms with van der Waals surface area (Å²) in [5, 5.41) is 11.8. The van der Waals surface area contributed by atoms with Gasteiger partial charge in [0.15, 0.2) is 13.9 Å². The van der Waals surface area contributed by atoms with Gasteiger partial charge in [-0.2, -0.15) is 0 Å². The maximum absolute atomic E-state index is 15.2. The van der Waals surface area contributed by atoms with Gasteiger partial charge in [0.25, 0.3) is 11.8 Å². The van der Waals surface area contributed by atoms with E-state index in [-0.39, 0.29) is 43.8 Å². The number of carbonyl (C=O) groups is 3. The van der Waals surface area contributed by atoms with Gasteiger partial charge in [-0.05, 0) is 72.1 Å². The number of amides is 3. The zero-order valence-corrected chi connectivity index (χ0v) is 32.4. The lowest BCUT2D eigenvalue weighted by Gasteiger charge is -2.32. The van der Waals surface area contributed by atoms with Crippen molar-refractivity contribution in [3.05, 3.63) is 131 Å². The van der Waals surface area contributed by atoms with Crippen LogP contribution in [0.5, 0.6) is 5.75 Å². The van der Waals surface area contributed by atoms with E-state index in [9.17, 15) is 19.5 Å². The molecular weight excluding hydrogens is 711 g/mol. The quantitative estimate of drug-likeness (QED) is 0.141. The number of benzene rings is 5. The minimum absolute atomic E-state index is 0.0613.